The van der Waals surface area contributed by atoms with Crippen molar-refractivity contribution in [3.05, 3.63) is 60.2 Å². The lowest BCUT2D eigenvalue weighted by atomic mass is 10.1. The molecule has 0 bridgehead atoms. The molecule has 3 amide bonds. The third kappa shape index (κ3) is 6.64. The Labute approximate surface area is 184 Å². The van der Waals surface area contributed by atoms with Crippen LogP contribution in [0.2, 0.25) is 0 Å². The minimum atomic E-state index is -0.275. The van der Waals surface area contributed by atoms with E-state index in [-0.39, 0.29) is 18.0 Å². The van der Waals surface area contributed by atoms with Crippen molar-refractivity contribution < 1.29 is 14.3 Å². The minimum absolute atomic E-state index is 0.0765. The zero-order chi connectivity index (χ0) is 22.1. The Morgan fingerprint density at radius 2 is 1.68 bits per heavy atom. The van der Waals surface area contributed by atoms with Crippen molar-refractivity contribution in [1.82, 2.24) is 15.5 Å². The third-order valence-electron chi connectivity index (χ3n) is 5.42. The molecule has 2 aromatic carbocycles. The van der Waals surface area contributed by atoms with Crippen LogP contribution in [-0.4, -0.2) is 56.2 Å². The van der Waals surface area contributed by atoms with Crippen LogP contribution in [0.3, 0.4) is 0 Å². The van der Waals surface area contributed by atoms with Crippen molar-refractivity contribution >= 4 is 17.6 Å². The smallest absolute Gasteiger partial charge is 0.315 e. The molecule has 0 aromatic heterocycles. The molecule has 31 heavy (non-hydrogen) atoms. The second-order valence-corrected chi connectivity index (χ2v) is 7.58. The zero-order valence-corrected chi connectivity index (χ0v) is 18.3. The maximum absolute atomic E-state index is 12.5. The molecule has 2 aromatic rings. The first-order valence-electron chi connectivity index (χ1n) is 10.9. The maximum Gasteiger partial charge on any atom is 0.315 e. The van der Waals surface area contributed by atoms with E-state index in [1.807, 2.05) is 61.2 Å². The quantitative estimate of drug-likeness (QED) is 0.683. The lowest BCUT2D eigenvalue weighted by Crippen LogP contribution is -2.49. The van der Waals surface area contributed by atoms with Crippen molar-refractivity contribution in [2.45, 2.75) is 26.3 Å². The number of piperazine rings is 1. The first-order valence-corrected chi connectivity index (χ1v) is 10.9. The fourth-order valence-electron chi connectivity index (χ4n) is 3.64. The van der Waals surface area contributed by atoms with Gasteiger partial charge in [0.1, 0.15) is 5.75 Å². The van der Waals surface area contributed by atoms with Gasteiger partial charge in [-0.25, -0.2) is 4.79 Å². The standard InChI is InChI=1S/C24H32N4O3/c1-3-31-22-11-9-20(10-12-22)19(2)26-24(30)25-14-13-23(29)28-17-15-27(16-18-28)21-7-5-4-6-8-21/h4-12,19H,3,13-18H2,1-2H3,(H2,25,26,30). The largest absolute Gasteiger partial charge is 0.494 e. The van der Waals surface area contributed by atoms with Crippen molar-refractivity contribution in [3.8, 4) is 5.75 Å². The van der Waals surface area contributed by atoms with Crippen LogP contribution in [0.1, 0.15) is 31.9 Å². The van der Waals surface area contributed by atoms with Gasteiger partial charge in [0.15, 0.2) is 0 Å². The summed E-state index contributed by atoms with van der Waals surface area (Å²) in [6.45, 7) is 7.86. The number of nitrogens with one attached hydrogen (secondary N) is 2. The van der Waals surface area contributed by atoms with Crippen LogP contribution < -0.4 is 20.3 Å². The van der Waals surface area contributed by atoms with Crippen molar-refractivity contribution in [2.75, 3.05) is 44.2 Å². The topological polar surface area (TPSA) is 73.9 Å². The van der Waals surface area contributed by atoms with Crippen molar-refractivity contribution in [1.29, 1.82) is 0 Å². The Kier molecular flexibility index (Phi) is 8.15. The molecule has 1 saturated heterocycles. The average molecular weight is 425 g/mol. The molecule has 1 atom stereocenters. The number of hydrogen-bond donors (Lipinski definition) is 2. The summed E-state index contributed by atoms with van der Waals surface area (Å²) in [6.07, 6.45) is 0.302. The molecule has 1 aliphatic heterocycles. The molecule has 7 heteroatoms. The Morgan fingerprint density at radius 3 is 2.32 bits per heavy atom. The van der Waals surface area contributed by atoms with E-state index >= 15 is 0 Å². The number of amides is 3. The second kappa shape index (κ2) is 11.2. The van der Waals surface area contributed by atoms with Crippen LogP contribution in [-0.2, 0) is 4.79 Å². The molecule has 7 nitrogen and oxygen atoms in total. The van der Waals surface area contributed by atoms with Crippen molar-refractivity contribution in [2.24, 2.45) is 0 Å². The van der Waals surface area contributed by atoms with Crippen LogP contribution >= 0.6 is 0 Å². The number of nitrogens with zero attached hydrogens (tertiary/aromatic N) is 2. The normalized spacial score (nSPS) is 14.6. The number of benzene rings is 2. The van der Waals surface area contributed by atoms with Crippen LogP contribution in [0.25, 0.3) is 0 Å². The summed E-state index contributed by atoms with van der Waals surface area (Å²) < 4.78 is 5.44. The molecule has 0 spiro atoms. The van der Waals surface area contributed by atoms with E-state index in [1.165, 1.54) is 5.69 Å². The van der Waals surface area contributed by atoms with Gasteiger partial charge in [-0.2, -0.15) is 0 Å². The summed E-state index contributed by atoms with van der Waals surface area (Å²) >= 11 is 0. The lowest BCUT2D eigenvalue weighted by Gasteiger charge is -2.36. The number of rotatable bonds is 8. The first-order chi connectivity index (χ1) is 15.1. The van der Waals surface area contributed by atoms with Gasteiger partial charge in [0.05, 0.1) is 12.6 Å². The summed E-state index contributed by atoms with van der Waals surface area (Å²) in [7, 11) is 0. The fraction of sp³-hybridized carbons (Fsp3) is 0.417. The predicted molar refractivity (Wildman–Crippen MR) is 122 cm³/mol. The van der Waals surface area contributed by atoms with E-state index in [0.29, 0.717) is 32.7 Å². The lowest BCUT2D eigenvalue weighted by molar-refractivity contribution is -0.131. The number of para-hydroxylation sites is 1. The Morgan fingerprint density at radius 1 is 1.00 bits per heavy atom. The average Bonchev–Trinajstić information content (AvgIpc) is 2.80. The molecular formula is C24H32N4O3. The van der Waals surface area contributed by atoms with Gasteiger partial charge in [0, 0.05) is 44.8 Å². The van der Waals surface area contributed by atoms with E-state index in [2.05, 4.69) is 27.7 Å². The van der Waals surface area contributed by atoms with Crippen LogP contribution in [0, 0.1) is 0 Å². The highest BCUT2D eigenvalue weighted by molar-refractivity contribution is 5.78. The Hall–Kier alpha value is -3.22. The van der Waals surface area contributed by atoms with Gasteiger partial charge in [0.2, 0.25) is 5.91 Å². The second-order valence-electron chi connectivity index (χ2n) is 7.58. The molecule has 166 valence electrons. The summed E-state index contributed by atoms with van der Waals surface area (Å²) in [6, 6.07) is 17.5. The number of anilines is 1. The summed E-state index contributed by atoms with van der Waals surface area (Å²) in [5, 5.41) is 5.69. The zero-order valence-electron chi connectivity index (χ0n) is 18.3. The van der Waals surface area contributed by atoms with Crippen LogP contribution in [0.4, 0.5) is 10.5 Å². The number of ether oxygens (including phenoxy) is 1. The van der Waals surface area contributed by atoms with E-state index in [0.717, 1.165) is 24.4 Å². The summed E-state index contributed by atoms with van der Waals surface area (Å²) in [4.78, 5) is 28.8. The van der Waals surface area contributed by atoms with Gasteiger partial charge in [0.25, 0.3) is 0 Å². The van der Waals surface area contributed by atoms with E-state index in [9.17, 15) is 9.59 Å². The molecule has 0 saturated carbocycles. The fourth-order valence-corrected chi connectivity index (χ4v) is 3.64. The van der Waals surface area contributed by atoms with Gasteiger partial charge in [-0.3, -0.25) is 4.79 Å². The number of hydrogen-bond acceptors (Lipinski definition) is 4. The van der Waals surface area contributed by atoms with Crippen LogP contribution in [0.15, 0.2) is 54.6 Å². The highest BCUT2D eigenvalue weighted by Crippen LogP contribution is 2.18. The molecule has 3 rings (SSSR count). The molecule has 1 aliphatic rings. The molecule has 1 heterocycles. The van der Waals surface area contributed by atoms with Gasteiger partial charge < -0.3 is 25.2 Å². The SMILES string of the molecule is CCOc1ccc(C(C)NC(=O)NCCC(=O)N2CCN(c3ccccc3)CC2)cc1. The number of carbonyl (C=O) groups excluding carboxylic acids is 2. The van der Waals surface area contributed by atoms with Gasteiger partial charge in [-0.05, 0) is 43.7 Å². The molecule has 1 fully saturated rings. The molecule has 0 aliphatic carbocycles. The highest BCUT2D eigenvalue weighted by atomic mass is 16.5. The highest BCUT2D eigenvalue weighted by Gasteiger charge is 2.21. The Balaban J connectivity index is 1.35. The number of urea groups is 1. The van der Waals surface area contributed by atoms with Gasteiger partial charge in [-0.1, -0.05) is 30.3 Å². The first kappa shape index (κ1) is 22.5. The molecule has 1 unspecified atom stereocenters. The van der Waals surface area contributed by atoms with E-state index in [1.54, 1.807) is 0 Å². The summed E-state index contributed by atoms with van der Waals surface area (Å²) in [5.74, 6) is 0.888. The van der Waals surface area contributed by atoms with Crippen molar-refractivity contribution in [3.63, 3.8) is 0 Å². The van der Waals surface area contributed by atoms with Gasteiger partial charge in [-0.15, -0.1) is 0 Å². The van der Waals surface area contributed by atoms with Gasteiger partial charge >= 0.3 is 6.03 Å². The predicted octanol–water partition coefficient (Wildman–Crippen LogP) is 3.18. The molecular weight excluding hydrogens is 392 g/mol. The van der Waals surface area contributed by atoms with E-state index < -0.39 is 0 Å². The number of carbonyl (C=O) groups is 2. The summed E-state index contributed by atoms with van der Waals surface area (Å²) in [5.41, 5.74) is 2.18. The van der Waals surface area contributed by atoms with Crippen LogP contribution in [0.5, 0.6) is 5.75 Å². The Bertz CT molecular complexity index is 834. The third-order valence-corrected chi connectivity index (χ3v) is 5.42. The minimum Gasteiger partial charge on any atom is -0.494 e. The van der Waals surface area contributed by atoms with E-state index in [4.69, 9.17) is 4.74 Å². The molecule has 2 N–H and O–H groups in total. The monoisotopic (exact) mass is 424 g/mol. The molecule has 0 radical (unpaired) electrons. The maximum atomic E-state index is 12.5.